The number of aryl methyl sites for hydroxylation is 1. The molecule has 8 heteroatoms. The summed E-state index contributed by atoms with van der Waals surface area (Å²) in [7, 11) is -3.67. The van der Waals surface area contributed by atoms with Crippen LogP contribution in [0.1, 0.15) is 5.69 Å². The van der Waals surface area contributed by atoms with Gasteiger partial charge in [0.25, 0.3) is 10.0 Å². The van der Waals surface area contributed by atoms with Crippen molar-refractivity contribution in [2.24, 2.45) is 0 Å². The fraction of sp³-hybridized carbons (Fsp3) is 0.273. The Balaban J connectivity index is 2.22. The van der Waals surface area contributed by atoms with Crippen LogP contribution in [-0.2, 0) is 16.6 Å². The third kappa shape index (κ3) is 3.30. The first-order valence-corrected chi connectivity index (χ1v) is 7.08. The van der Waals surface area contributed by atoms with Crippen LogP contribution in [0.15, 0.2) is 35.6 Å². The SMILES string of the molecule is Cc1cc(NS(=O)(=O)c2cnn(CCO)c2)ccn1. The van der Waals surface area contributed by atoms with Crippen molar-refractivity contribution in [3.63, 3.8) is 0 Å². The van der Waals surface area contributed by atoms with E-state index in [9.17, 15) is 8.42 Å². The van der Waals surface area contributed by atoms with Gasteiger partial charge in [0.05, 0.1) is 25.0 Å². The second kappa shape index (κ2) is 5.37. The van der Waals surface area contributed by atoms with E-state index in [-0.39, 0.29) is 18.0 Å². The van der Waals surface area contributed by atoms with Crippen molar-refractivity contribution in [2.75, 3.05) is 11.3 Å². The van der Waals surface area contributed by atoms with E-state index in [2.05, 4.69) is 14.8 Å². The molecule has 0 amide bonds. The molecule has 0 spiro atoms. The molecule has 2 rings (SSSR count). The highest BCUT2D eigenvalue weighted by molar-refractivity contribution is 7.92. The van der Waals surface area contributed by atoms with Gasteiger partial charge in [-0.2, -0.15) is 5.10 Å². The van der Waals surface area contributed by atoms with Gasteiger partial charge in [-0.25, -0.2) is 8.42 Å². The summed E-state index contributed by atoms with van der Waals surface area (Å²) in [6, 6.07) is 3.21. The van der Waals surface area contributed by atoms with E-state index in [1.165, 1.54) is 23.3 Å². The molecule has 0 saturated carbocycles. The summed E-state index contributed by atoms with van der Waals surface area (Å²) < 4.78 is 28.0. The van der Waals surface area contributed by atoms with E-state index in [0.29, 0.717) is 5.69 Å². The lowest BCUT2D eigenvalue weighted by Crippen LogP contribution is -2.12. The molecule has 0 fully saturated rings. The average molecular weight is 282 g/mol. The molecule has 0 bridgehead atoms. The van der Waals surface area contributed by atoms with Gasteiger partial charge in [0.15, 0.2) is 0 Å². The average Bonchev–Trinajstić information content (AvgIpc) is 2.78. The number of hydrogen-bond donors (Lipinski definition) is 2. The van der Waals surface area contributed by atoms with Crippen molar-refractivity contribution in [3.8, 4) is 0 Å². The molecule has 2 aromatic heterocycles. The predicted molar refractivity (Wildman–Crippen MR) is 69.1 cm³/mol. The van der Waals surface area contributed by atoms with Gasteiger partial charge in [-0.05, 0) is 19.1 Å². The minimum Gasteiger partial charge on any atom is -0.394 e. The van der Waals surface area contributed by atoms with Crippen molar-refractivity contribution in [1.29, 1.82) is 0 Å². The fourth-order valence-electron chi connectivity index (χ4n) is 1.53. The molecule has 2 heterocycles. The van der Waals surface area contributed by atoms with Gasteiger partial charge in [-0.1, -0.05) is 0 Å². The highest BCUT2D eigenvalue weighted by atomic mass is 32.2. The molecular formula is C11H14N4O3S. The third-order valence-corrected chi connectivity index (χ3v) is 3.73. The standard InChI is InChI=1S/C11H14N4O3S/c1-9-6-10(2-3-12-9)14-19(17,18)11-7-13-15(8-11)4-5-16/h2-3,6-8,16H,4-5H2,1H3,(H,12,14). The Bertz CT molecular complexity index is 666. The van der Waals surface area contributed by atoms with Gasteiger partial charge in [0.1, 0.15) is 4.90 Å². The zero-order chi connectivity index (χ0) is 13.9. The van der Waals surface area contributed by atoms with E-state index in [1.807, 2.05) is 0 Å². The lowest BCUT2D eigenvalue weighted by molar-refractivity contribution is 0.269. The van der Waals surface area contributed by atoms with Gasteiger partial charge in [0.2, 0.25) is 0 Å². The van der Waals surface area contributed by atoms with Gasteiger partial charge < -0.3 is 5.11 Å². The number of nitrogens with zero attached hydrogens (tertiary/aromatic N) is 3. The van der Waals surface area contributed by atoms with E-state index < -0.39 is 10.0 Å². The fourth-order valence-corrected chi connectivity index (χ4v) is 2.53. The van der Waals surface area contributed by atoms with Gasteiger partial charge in [-0.15, -0.1) is 0 Å². The zero-order valence-corrected chi connectivity index (χ0v) is 11.1. The summed E-state index contributed by atoms with van der Waals surface area (Å²) in [6.07, 6.45) is 4.14. The Hall–Kier alpha value is -1.93. The van der Waals surface area contributed by atoms with Crippen molar-refractivity contribution < 1.29 is 13.5 Å². The normalized spacial score (nSPS) is 11.5. The molecule has 2 N–H and O–H groups in total. The monoisotopic (exact) mass is 282 g/mol. The second-order valence-electron chi connectivity index (χ2n) is 3.95. The Morgan fingerprint density at radius 3 is 2.95 bits per heavy atom. The number of aromatic nitrogens is 3. The molecule has 0 radical (unpaired) electrons. The van der Waals surface area contributed by atoms with Crippen LogP contribution in [0.4, 0.5) is 5.69 Å². The summed E-state index contributed by atoms with van der Waals surface area (Å²) in [6.45, 7) is 1.93. The second-order valence-corrected chi connectivity index (χ2v) is 5.64. The number of rotatable bonds is 5. The molecule has 0 saturated heterocycles. The van der Waals surface area contributed by atoms with Crippen LogP contribution in [0, 0.1) is 6.92 Å². The number of aliphatic hydroxyl groups is 1. The first-order valence-electron chi connectivity index (χ1n) is 5.60. The van der Waals surface area contributed by atoms with Crippen LogP contribution >= 0.6 is 0 Å². The summed E-state index contributed by atoms with van der Waals surface area (Å²) in [5, 5.41) is 12.6. The molecule has 0 aromatic carbocycles. The van der Waals surface area contributed by atoms with E-state index >= 15 is 0 Å². The Morgan fingerprint density at radius 2 is 2.26 bits per heavy atom. The van der Waals surface area contributed by atoms with Gasteiger partial charge in [0, 0.05) is 18.1 Å². The first kappa shape index (κ1) is 13.5. The van der Waals surface area contributed by atoms with Crippen molar-refractivity contribution in [3.05, 3.63) is 36.4 Å². The number of pyridine rings is 1. The molecule has 19 heavy (non-hydrogen) atoms. The van der Waals surface area contributed by atoms with Crippen LogP contribution in [0.3, 0.4) is 0 Å². The van der Waals surface area contributed by atoms with Crippen molar-refractivity contribution in [1.82, 2.24) is 14.8 Å². The third-order valence-electron chi connectivity index (χ3n) is 2.40. The quantitative estimate of drug-likeness (QED) is 0.826. The molecule has 102 valence electrons. The van der Waals surface area contributed by atoms with Crippen LogP contribution in [0.2, 0.25) is 0 Å². The lowest BCUT2D eigenvalue weighted by atomic mass is 10.3. The molecule has 7 nitrogen and oxygen atoms in total. The Kier molecular flexibility index (Phi) is 3.82. The van der Waals surface area contributed by atoms with E-state index in [4.69, 9.17) is 5.11 Å². The maximum Gasteiger partial charge on any atom is 0.265 e. The minimum atomic E-state index is -3.67. The molecule has 0 atom stereocenters. The molecule has 0 aliphatic rings. The number of anilines is 1. The van der Waals surface area contributed by atoms with Gasteiger partial charge in [-0.3, -0.25) is 14.4 Å². The summed E-state index contributed by atoms with van der Waals surface area (Å²) >= 11 is 0. The van der Waals surface area contributed by atoms with E-state index in [1.54, 1.807) is 19.1 Å². The summed E-state index contributed by atoms with van der Waals surface area (Å²) in [4.78, 5) is 4.04. The number of nitrogens with one attached hydrogen (secondary N) is 1. The zero-order valence-electron chi connectivity index (χ0n) is 10.3. The topological polar surface area (TPSA) is 97.1 Å². The van der Waals surface area contributed by atoms with Crippen LogP contribution in [-0.4, -0.2) is 34.9 Å². The van der Waals surface area contributed by atoms with Crippen molar-refractivity contribution in [2.45, 2.75) is 18.4 Å². The number of sulfonamides is 1. The first-order chi connectivity index (χ1) is 9.01. The summed E-state index contributed by atoms with van der Waals surface area (Å²) in [5.74, 6) is 0. The van der Waals surface area contributed by atoms with Crippen LogP contribution in [0.25, 0.3) is 0 Å². The predicted octanol–water partition coefficient (Wildman–Crippen LogP) is 0.380. The number of hydrogen-bond acceptors (Lipinski definition) is 5. The summed E-state index contributed by atoms with van der Waals surface area (Å²) in [5.41, 5.74) is 1.17. The molecule has 0 aliphatic heterocycles. The Labute approximate surface area is 111 Å². The molecular weight excluding hydrogens is 268 g/mol. The Morgan fingerprint density at radius 1 is 1.47 bits per heavy atom. The minimum absolute atomic E-state index is 0.0513. The van der Waals surface area contributed by atoms with Gasteiger partial charge >= 0.3 is 0 Å². The van der Waals surface area contributed by atoms with E-state index in [0.717, 1.165) is 5.69 Å². The van der Waals surface area contributed by atoms with Crippen LogP contribution in [0.5, 0.6) is 0 Å². The van der Waals surface area contributed by atoms with Crippen LogP contribution < -0.4 is 4.72 Å². The smallest absolute Gasteiger partial charge is 0.265 e. The molecule has 2 aromatic rings. The lowest BCUT2D eigenvalue weighted by Gasteiger charge is -2.06. The largest absolute Gasteiger partial charge is 0.394 e. The number of aliphatic hydroxyl groups excluding tert-OH is 1. The maximum atomic E-state index is 12.1. The maximum absolute atomic E-state index is 12.1. The highest BCUT2D eigenvalue weighted by Crippen LogP contribution is 2.15. The molecule has 0 aliphatic carbocycles. The molecule has 0 unspecified atom stereocenters. The van der Waals surface area contributed by atoms with Crippen molar-refractivity contribution >= 4 is 15.7 Å². The highest BCUT2D eigenvalue weighted by Gasteiger charge is 2.16.